The zero-order valence-corrected chi connectivity index (χ0v) is 12.4. The Hall–Kier alpha value is -2.76. The summed E-state index contributed by atoms with van der Waals surface area (Å²) in [5, 5.41) is 8.46. The summed E-state index contributed by atoms with van der Waals surface area (Å²) in [6.45, 7) is 0. The Balaban J connectivity index is 1.85. The highest BCUT2D eigenvalue weighted by atomic mass is 19.1. The molecule has 6 heteroatoms. The average Bonchev–Trinajstić information content (AvgIpc) is 2.89. The van der Waals surface area contributed by atoms with Crippen LogP contribution in [0.15, 0.2) is 48.7 Å². The lowest BCUT2D eigenvalue weighted by Crippen LogP contribution is -2.15. The first-order chi connectivity index (χ1) is 10.6. The molecule has 0 bridgehead atoms. The summed E-state index contributed by atoms with van der Waals surface area (Å²) >= 11 is 0. The maximum atomic E-state index is 13.0. The van der Waals surface area contributed by atoms with Gasteiger partial charge in [-0.05, 0) is 36.4 Å². The van der Waals surface area contributed by atoms with Gasteiger partial charge in [0.05, 0.1) is 6.42 Å². The fourth-order valence-electron chi connectivity index (χ4n) is 2.24. The third-order valence-electron chi connectivity index (χ3n) is 3.52. The van der Waals surface area contributed by atoms with E-state index in [2.05, 4.69) is 15.2 Å². The number of pyridine rings is 1. The van der Waals surface area contributed by atoms with Crippen LogP contribution in [0.4, 0.5) is 16.0 Å². The van der Waals surface area contributed by atoms with Gasteiger partial charge in [0.25, 0.3) is 0 Å². The molecule has 0 spiro atoms. The molecule has 0 aliphatic rings. The molecular weight excluding hydrogens is 281 g/mol. The Morgan fingerprint density at radius 3 is 2.55 bits per heavy atom. The predicted molar refractivity (Wildman–Crippen MR) is 82.5 cm³/mol. The number of benzene rings is 1. The molecule has 0 amide bonds. The fourth-order valence-corrected chi connectivity index (χ4v) is 2.24. The van der Waals surface area contributed by atoms with Crippen LogP contribution in [-0.2, 0) is 13.5 Å². The molecule has 5 nitrogen and oxygen atoms in total. The van der Waals surface area contributed by atoms with Crippen LogP contribution in [0.3, 0.4) is 0 Å². The second-order valence-corrected chi connectivity index (χ2v) is 5.01. The van der Waals surface area contributed by atoms with Gasteiger partial charge in [0, 0.05) is 31.7 Å². The van der Waals surface area contributed by atoms with E-state index in [1.165, 1.54) is 12.1 Å². The van der Waals surface area contributed by atoms with E-state index in [9.17, 15) is 4.39 Å². The van der Waals surface area contributed by atoms with Gasteiger partial charge in [0.1, 0.15) is 11.6 Å². The Bertz CT molecular complexity index is 752. The molecule has 0 N–H and O–H groups in total. The van der Waals surface area contributed by atoms with Crippen molar-refractivity contribution in [3.8, 4) is 0 Å². The van der Waals surface area contributed by atoms with Crippen LogP contribution in [0.1, 0.15) is 11.5 Å². The summed E-state index contributed by atoms with van der Waals surface area (Å²) in [5.41, 5.74) is 1.79. The van der Waals surface area contributed by atoms with Gasteiger partial charge in [-0.2, -0.15) is 0 Å². The van der Waals surface area contributed by atoms with E-state index in [1.54, 1.807) is 18.3 Å². The molecule has 0 unspecified atom stereocenters. The van der Waals surface area contributed by atoms with E-state index >= 15 is 0 Å². The molecule has 0 aliphatic carbocycles. The molecule has 0 atom stereocenters. The van der Waals surface area contributed by atoms with E-state index in [0.717, 1.165) is 17.2 Å². The van der Waals surface area contributed by atoms with Gasteiger partial charge in [-0.25, -0.2) is 4.39 Å². The topological polar surface area (TPSA) is 46.8 Å². The Kier molecular flexibility index (Phi) is 3.82. The monoisotopic (exact) mass is 297 g/mol. The second kappa shape index (κ2) is 5.93. The standard InChI is InChI=1S/C16H16FN5/c1-21(14-8-6-12(17)7-9-14)16-20-19-15(22(16)2)11-13-5-3-4-10-18-13/h3-10H,11H2,1-2H3. The number of nitrogens with zero attached hydrogens (tertiary/aromatic N) is 5. The van der Waals surface area contributed by atoms with E-state index in [0.29, 0.717) is 12.4 Å². The van der Waals surface area contributed by atoms with Crippen molar-refractivity contribution in [2.45, 2.75) is 6.42 Å². The molecule has 0 saturated carbocycles. The lowest BCUT2D eigenvalue weighted by molar-refractivity contribution is 0.628. The number of anilines is 2. The van der Waals surface area contributed by atoms with Crippen molar-refractivity contribution in [2.75, 3.05) is 11.9 Å². The van der Waals surface area contributed by atoms with Crippen molar-refractivity contribution in [2.24, 2.45) is 7.05 Å². The Morgan fingerprint density at radius 2 is 1.86 bits per heavy atom. The van der Waals surface area contributed by atoms with Crippen LogP contribution in [0.2, 0.25) is 0 Å². The summed E-state index contributed by atoms with van der Waals surface area (Å²) in [6.07, 6.45) is 2.37. The van der Waals surface area contributed by atoms with Crippen LogP contribution in [-0.4, -0.2) is 26.8 Å². The number of aromatic nitrogens is 4. The molecule has 2 heterocycles. The maximum absolute atomic E-state index is 13.0. The first-order valence-corrected chi connectivity index (χ1v) is 6.92. The zero-order chi connectivity index (χ0) is 15.5. The average molecular weight is 297 g/mol. The number of halogens is 1. The maximum Gasteiger partial charge on any atom is 0.231 e. The lowest BCUT2D eigenvalue weighted by atomic mass is 10.2. The SMILES string of the molecule is CN(c1ccc(F)cc1)c1nnc(Cc2ccccn2)n1C. The summed E-state index contributed by atoms with van der Waals surface area (Å²) in [7, 11) is 3.79. The van der Waals surface area contributed by atoms with Gasteiger partial charge >= 0.3 is 0 Å². The normalized spacial score (nSPS) is 10.7. The molecule has 112 valence electrons. The molecule has 22 heavy (non-hydrogen) atoms. The highest BCUT2D eigenvalue weighted by molar-refractivity contribution is 5.56. The van der Waals surface area contributed by atoms with Crippen molar-refractivity contribution < 1.29 is 4.39 Å². The third-order valence-corrected chi connectivity index (χ3v) is 3.52. The van der Waals surface area contributed by atoms with Crippen LogP contribution >= 0.6 is 0 Å². The first kappa shape index (κ1) is 14.2. The lowest BCUT2D eigenvalue weighted by Gasteiger charge is -2.17. The largest absolute Gasteiger partial charge is 0.314 e. The van der Waals surface area contributed by atoms with Crippen LogP contribution in [0, 0.1) is 5.82 Å². The van der Waals surface area contributed by atoms with E-state index in [4.69, 9.17) is 0 Å². The highest BCUT2D eigenvalue weighted by Crippen LogP contribution is 2.22. The second-order valence-electron chi connectivity index (χ2n) is 5.01. The Morgan fingerprint density at radius 1 is 1.09 bits per heavy atom. The molecule has 2 aromatic heterocycles. The summed E-state index contributed by atoms with van der Waals surface area (Å²) in [5.74, 6) is 1.26. The van der Waals surface area contributed by atoms with Gasteiger partial charge in [-0.3, -0.25) is 9.55 Å². The van der Waals surface area contributed by atoms with Crippen molar-refractivity contribution in [3.05, 3.63) is 66.0 Å². The minimum absolute atomic E-state index is 0.258. The minimum atomic E-state index is -0.258. The highest BCUT2D eigenvalue weighted by Gasteiger charge is 2.14. The molecular formula is C16H16FN5. The molecule has 3 aromatic rings. The fraction of sp³-hybridized carbons (Fsp3) is 0.188. The molecule has 3 rings (SSSR count). The quantitative estimate of drug-likeness (QED) is 0.743. The summed E-state index contributed by atoms with van der Waals surface area (Å²) in [6, 6.07) is 12.1. The van der Waals surface area contributed by atoms with Crippen molar-refractivity contribution in [1.29, 1.82) is 0 Å². The Labute approximate surface area is 128 Å². The predicted octanol–water partition coefficient (Wildman–Crippen LogP) is 2.71. The third kappa shape index (κ3) is 2.81. The molecule has 1 aromatic carbocycles. The molecule has 0 fully saturated rings. The van der Waals surface area contributed by atoms with E-state index in [1.807, 2.05) is 41.8 Å². The summed E-state index contributed by atoms with van der Waals surface area (Å²) < 4.78 is 14.9. The minimum Gasteiger partial charge on any atom is -0.314 e. The van der Waals surface area contributed by atoms with E-state index < -0.39 is 0 Å². The number of hydrogen-bond donors (Lipinski definition) is 0. The van der Waals surface area contributed by atoms with Gasteiger partial charge in [-0.1, -0.05) is 6.07 Å². The molecule has 0 radical (unpaired) electrons. The van der Waals surface area contributed by atoms with Crippen LogP contribution in [0.5, 0.6) is 0 Å². The molecule has 0 aliphatic heterocycles. The summed E-state index contributed by atoms with van der Waals surface area (Å²) in [4.78, 5) is 6.17. The van der Waals surface area contributed by atoms with Gasteiger partial charge in [-0.15, -0.1) is 10.2 Å². The smallest absolute Gasteiger partial charge is 0.231 e. The van der Waals surface area contributed by atoms with Crippen molar-refractivity contribution in [1.82, 2.24) is 19.7 Å². The van der Waals surface area contributed by atoms with Gasteiger partial charge in [0.2, 0.25) is 5.95 Å². The zero-order valence-electron chi connectivity index (χ0n) is 12.4. The number of hydrogen-bond acceptors (Lipinski definition) is 4. The first-order valence-electron chi connectivity index (χ1n) is 6.92. The van der Waals surface area contributed by atoms with Crippen molar-refractivity contribution >= 4 is 11.6 Å². The number of rotatable bonds is 4. The molecule has 0 saturated heterocycles. The van der Waals surface area contributed by atoms with Gasteiger partial charge < -0.3 is 4.90 Å². The van der Waals surface area contributed by atoms with Crippen LogP contribution in [0.25, 0.3) is 0 Å². The van der Waals surface area contributed by atoms with Crippen molar-refractivity contribution in [3.63, 3.8) is 0 Å². The van der Waals surface area contributed by atoms with Gasteiger partial charge in [0.15, 0.2) is 0 Å². The van der Waals surface area contributed by atoms with Crippen LogP contribution < -0.4 is 4.90 Å². The van der Waals surface area contributed by atoms with E-state index in [-0.39, 0.29) is 5.82 Å².